The van der Waals surface area contributed by atoms with E-state index in [-0.39, 0.29) is 21.0 Å². The lowest BCUT2D eigenvalue weighted by atomic mass is 10.2. The molecular formula is C13H13Cl2NO4S. The summed E-state index contributed by atoms with van der Waals surface area (Å²) in [5, 5.41) is 8.47. The summed E-state index contributed by atoms with van der Waals surface area (Å²) in [5.74, 6) is -0.821. The number of carboxylic acid groups (broad SMARTS) is 1. The molecule has 1 aromatic rings. The zero-order valence-electron chi connectivity index (χ0n) is 11.0. The highest BCUT2D eigenvalue weighted by molar-refractivity contribution is 7.89. The van der Waals surface area contributed by atoms with Gasteiger partial charge >= 0.3 is 5.97 Å². The summed E-state index contributed by atoms with van der Waals surface area (Å²) in [4.78, 5) is 10.3. The number of benzene rings is 1. The van der Waals surface area contributed by atoms with Crippen LogP contribution in [0.5, 0.6) is 0 Å². The van der Waals surface area contributed by atoms with E-state index in [0.29, 0.717) is 11.5 Å². The first kappa shape index (κ1) is 16.3. The van der Waals surface area contributed by atoms with Gasteiger partial charge in [0.1, 0.15) is 4.90 Å². The van der Waals surface area contributed by atoms with E-state index < -0.39 is 16.0 Å². The second kappa shape index (κ2) is 5.96. The number of carbonyl (C=O) groups is 1. The average molecular weight is 350 g/mol. The van der Waals surface area contributed by atoms with Gasteiger partial charge in [-0.2, -0.15) is 0 Å². The van der Waals surface area contributed by atoms with Crippen LogP contribution in [0, 0.1) is 5.92 Å². The normalized spacial score (nSPS) is 21.7. The Hall–Kier alpha value is -1.08. The average Bonchev–Trinajstić information content (AvgIpc) is 2.99. The zero-order chi connectivity index (χ0) is 15.8. The number of hydrogen-bond donors (Lipinski definition) is 2. The maximum absolute atomic E-state index is 12.3. The van der Waals surface area contributed by atoms with Crippen LogP contribution in [-0.2, 0) is 14.8 Å². The van der Waals surface area contributed by atoms with Crippen molar-refractivity contribution in [2.45, 2.75) is 24.3 Å². The van der Waals surface area contributed by atoms with Crippen LogP contribution in [0.25, 0.3) is 6.08 Å². The second-order valence-electron chi connectivity index (χ2n) is 4.93. The van der Waals surface area contributed by atoms with Gasteiger partial charge in [-0.15, -0.1) is 0 Å². The van der Waals surface area contributed by atoms with Crippen LogP contribution in [0.2, 0.25) is 10.0 Å². The molecule has 0 aromatic heterocycles. The highest BCUT2D eigenvalue weighted by Crippen LogP contribution is 2.35. The molecule has 1 aliphatic rings. The molecular weight excluding hydrogens is 337 g/mol. The van der Waals surface area contributed by atoms with Crippen molar-refractivity contribution >= 4 is 45.3 Å². The van der Waals surface area contributed by atoms with Crippen molar-refractivity contribution in [1.29, 1.82) is 0 Å². The zero-order valence-corrected chi connectivity index (χ0v) is 13.3. The SMILES string of the molecule is CC1CC1NS(=O)(=O)c1c(Cl)cc(C=CC(=O)O)cc1Cl. The minimum atomic E-state index is -3.79. The molecule has 5 nitrogen and oxygen atoms in total. The van der Waals surface area contributed by atoms with Crippen molar-refractivity contribution in [1.82, 2.24) is 4.72 Å². The van der Waals surface area contributed by atoms with Crippen molar-refractivity contribution in [2.75, 3.05) is 0 Å². The summed E-state index contributed by atoms with van der Waals surface area (Å²) in [6.07, 6.45) is 2.99. The number of halogens is 2. The fourth-order valence-corrected chi connectivity index (χ4v) is 4.43. The standard InChI is InChI=1S/C13H13Cl2NO4S/c1-7-4-11(7)16-21(19,20)13-9(14)5-8(6-10(13)15)2-3-12(17)18/h2-3,5-7,11,16H,4H2,1H3,(H,17,18). The summed E-state index contributed by atoms with van der Waals surface area (Å²) in [6, 6.07) is 2.63. The van der Waals surface area contributed by atoms with E-state index in [9.17, 15) is 13.2 Å². The molecule has 2 atom stereocenters. The van der Waals surface area contributed by atoms with Gasteiger partial charge < -0.3 is 5.11 Å². The molecule has 21 heavy (non-hydrogen) atoms. The predicted octanol–water partition coefficient (Wildman–Crippen LogP) is 2.78. The monoisotopic (exact) mass is 349 g/mol. The van der Waals surface area contributed by atoms with E-state index in [1.165, 1.54) is 18.2 Å². The van der Waals surface area contributed by atoms with Gasteiger partial charge in [-0.1, -0.05) is 30.1 Å². The maximum atomic E-state index is 12.3. The van der Waals surface area contributed by atoms with Crippen LogP contribution in [-0.4, -0.2) is 25.5 Å². The third-order valence-electron chi connectivity index (χ3n) is 3.12. The molecule has 2 unspecified atom stereocenters. The van der Waals surface area contributed by atoms with Crippen LogP contribution in [0.1, 0.15) is 18.9 Å². The Labute approximate surface area is 132 Å². The lowest BCUT2D eigenvalue weighted by Gasteiger charge is -2.10. The molecule has 0 bridgehead atoms. The van der Waals surface area contributed by atoms with Crippen molar-refractivity contribution in [2.24, 2.45) is 5.92 Å². The van der Waals surface area contributed by atoms with Crippen molar-refractivity contribution in [3.63, 3.8) is 0 Å². The Balaban J connectivity index is 2.34. The molecule has 0 radical (unpaired) electrons. The quantitative estimate of drug-likeness (QED) is 0.800. The van der Waals surface area contributed by atoms with Crippen molar-refractivity contribution in [3.05, 3.63) is 33.8 Å². The third kappa shape index (κ3) is 3.97. The van der Waals surface area contributed by atoms with Crippen LogP contribution in [0.15, 0.2) is 23.1 Å². The molecule has 1 aromatic carbocycles. The number of nitrogens with one attached hydrogen (secondary N) is 1. The first-order chi connectivity index (χ1) is 9.70. The molecule has 2 N–H and O–H groups in total. The van der Waals surface area contributed by atoms with Crippen molar-refractivity contribution in [3.8, 4) is 0 Å². The Kier molecular flexibility index (Phi) is 4.63. The topological polar surface area (TPSA) is 83.5 Å². The molecule has 0 aliphatic heterocycles. The Morgan fingerprint density at radius 2 is 1.90 bits per heavy atom. The van der Waals surface area contributed by atoms with Crippen LogP contribution in [0.4, 0.5) is 0 Å². The highest BCUT2D eigenvalue weighted by Gasteiger charge is 2.37. The Morgan fingerprint density at radius 3 is 2.33 bits per heavy atom. The number of carboxylic acids is 1. The van der Waals surface area contributed by atoms with Crippen LogP contribution < -0.4 is 4.72 Å². The number of sulfonamides is 1. The molecule has 8 heteroatoms. The second-order valence-corrected chi connectivity index (χ2v) is 7.39. The lowest BCUT2D eigenvalue weighted by molar-refractivity contribution is -0.131. The highest BCUT2D eigenvalue weighted by atomic mass is 35.5. The third-order valence-corrected chi connectivity index (χ3v) is 5.53. The summed E-state index contributed by atoms with van der Waals surface area (Å²) in [6.45, 7) is 1.94. The van der Waals surface area contributed by atoms with E-state index in [1.54, 1.807) is 0 Å². The summed E-state index contributed by atoms with van der Waals surface area (Å²) >= 11 is 12.0. The Morgan fingerprint density at radius 1 is 1.38 bits per heavy atom. The fraction of sp³-hybridized carbons (Fsp3) is 0.308. The first-order valence-corrected chi connectivity index (χ1v) is 8.37. The summed E-state index contributed by atoms with van der Waals surface area (Å²) in [5.41, 5.74) is 0.408. The molecule has 114 valence electrons. The minimum absolute atomic E-state index is 0.0478. The van der Waals surface area contributed by atoms with Gasteiger partial charge in [0.15, 0.2) is 0 Å². The van der Waals surface area contributed by atoms with Gasteiger partial charge in [0.2, 0.25) is 10.0 Å². The van der Waals surface area contributed by atoms with E-state index in [1.807, 2.05) is 6.92 Å². The van der Waals surface area contributed by atoms with Gasteiger partial charge in [-0.3, -0.25) is 0 Å². The molecule has 2 rings (SSSR count). The van der Waals surface area contributed by atoms with Crippen LogP contribution in [0.3, 0.4) is 0 Å². The number of aliphatic carboxylic acids is 1. The molecule has 1 saturated carbocycles. The lowest BCUT2D eigenvalue weighted by Crippen LogP contribution is -2.27. The molecule has 0 saturated heterocycles. The maximum Gasteiger partial charge on any atom is 0.328 e. The van der Waals surface area contributed by atoms with E-state index in [4.69, 9.17) is 28.3 Å². The van der Waals surface area contributed by atoms with Gasteiger partial charge in [-0.05, 0) is 36.1 Å². The smallest absolute Gasteiger partial charge is 0.328 e. The largest absolute Gasteiger partial charge is 0.478 e. The van der Waals surface area contributed by atoms with Gasteiger partial charge in [0.05, 0.1) is 10.0 Å². The van der Waals surface area contributed by atoms with Gasteiger partial charge in [-0.25, -0.2) is 17.9 Å². The van der Waals surface area contributed by atoms with Crippen LogP contribution >= 0.6 is 23.2 Å². The Bertz CT molecular complexity index is 692. The molecule has 1 aliphatic carbocycles. The van der Waals surface area contributed by atoms with E-state index in [0.717, 1.165) is 12.5 Å². The molecule has 1 fully saturated rings. The van der Waals surface area contributed by atoms with E-state index in [2.05, 4.69) is 4.72 Å². The molecule has 0 spiro atoms. The predicted molar refractivity (Wildman–Crippen MR) is 81.0 cm³/mol. The number of rotatable bonds is 5. The molecule has 0 amide bonds. The fourth-order valence-electron chi connectivity index (χ4n) is 1.84. The van der Waals surface area contributed by atoms with Gasteiger partial charge in [0.25, 0.3) is 0 Å². The number of hydrogen-bond acceptors (Lipinski definition) is 3. The molecule has 0 heterocycles. The summed E-state index contributed by atoms with van der Waals surface area (Å²) in [7, 11) is -3.79. The summed E-state index contributed by atoms with van der Waals surface area (Å²) < 4.78 is 27.0. The minimum Gasteiger partial charge on any atom is -0.478 e. The van der Waals surface area contributed by atoms with Crippen molar-refractivity contribution < 1.29 is 18.3 Å². The van der Waals surface area contributed by atoms with Gasteiger partial charge in [0, 0.05) is 12.1 Å². The van der Waals surface area contributed by atoms with E-state index >= 15 is 0 Å². The first-order valence-electron chi connectivity index (χ1n) is 6.13.